The molecule has 0 saturated heterocycles. The zero-order valence-electron chi connectivity index (χ0n) is 32.5. The molecule has 0 heterocycles. The molecule has 2 unspecified atom stereocenters. The number of hydrogen-bond acceptors (Lipinski definition) is 12. The number of carbonyl (C=O) groups is 5. The predicted molar refractivity (Wildman–Crippen MR) is 216 cm³/mol. The van der Waals surface area contributed by atoms with Gasteiger partial charge in [0, 0.05) is 25.0 Å². The topological polar surface area (TPSA) is 150 Å². The van der Waals surface area contributed by atoms with Crippen LogP contribution in [0.25, 0.3) is 21.5 Å². The number of rotatable bonds is 19. The van der Waals surface area contributed by atoms with Gasteiger partial charge in [-0.05, 0) is 101 Å². The van der Waals surface area contributed by atoms with E-state index in [4.69, 9.17) is 33.2 Å². The molecule has 58 heavy (non-hydrogen) atoms. The van der Waals surface area contributed by atoms with Crippen LogP contribution in [0.15, 0.2) is 116 Å². The summed E-state index contributed by atoms with van der Waals surface area (Å²) in [6.07, 6.45) is 5.04. The summed E-state index contributed by atoms with van der Waals surface area (Å²) < 4.78 is 38.7. The first-order chi connectivity index (χ1) is 28.0. The number of unbranched alkanes of at least 4 members (excludes halogenated alkanes) is 2. The van der Waals surface area contributed by atoms with Crippen LogP contribution in [0, 0.1) is 0 Å². The van der Waals surface area contributed by atoms with Crippen LogP contribution in [0.5, 0.6) is 23.0 Å². The molecule has 5 aromatic rings. The Morgan fingerprint density at radius 3 is 1.47 bits per heavy atom. The second-order valence-corrected chi connectivity index (χ2v) is 13.0. The minimum absolute atomic E-state index is 0.0150. The maximum atomic E-state index is 13.3. The zero-order chi connectivity index (χ0) is 41.6. The first kappa shape index (κ1) is 42.2. The van der Waals surface area contributed by atoms with Crippen molar-refractivity contribution in [3.63, 3.8) is 0 Å². The third-order valence-corrected chi connectivity index (χ3v) is 8.81. The highest BCUT2D eigenvalue weighted by Gasteiger charge is 2.21. The average Bonchev–Trinajstić information content (AvgIpc) is 3.24. The van der Waals surface area contributed by atoms with Crippen molar-refractivity contribution in [2.45, 2.75) is 65.0 Å². The Bertz CT molecular complexity index is 2330. The summed E-state index contributed by atoms with van der Waals surface area (Å²) in [5.41, 5.74) is 0.302. The van der Waals surface area contributed by atoms with E-state index in [0.717, 1.165) is 54.0 Å². The minimum atomic E-state index is -0.817. The van der Waals surface area contributed by atoms with Crippen molar-refractivity contribution in [3.05, 3.63) is 133 Å². The minimum Gasteiger partial charge on any atom is -0.465 e. The number of ether oxygens (including phenoxy) is 7. The van der Waals surface area contributed by atoms with Gasteiger partial charge in [0.05, 0.1) is 18.2 Å². The van der Waals surface area contributed by atoms with Crippen molar-refractivity contribution in [1.82, 2.24) is 0 Å². The number of carbonyl (C=O) groups excluding carboxylic acids is 5. The maximum Gasteiger partial charge on any atom is 0.343 e. The zero-order valence-corrected chi connectivity index (χ0v) is 32.5. The fraction of sp³-hybridized carbons (Fsp3) is 0.239. The van der Waals surface area contributed by atoms with E-state index in [0.29, 0.717) is 29.7 Å². The number of esters is 5. The van der Waals surface area contributed by atoms with E-state index >= 15 is 0 Å². The Hall–Kier alpha value is -6.95. The summed E-state index contributed by atoms with van der Waals surface area (Å²) in [4.78, 5) is 62.9. The first-order valence-corrected chi connectivity index (χ1v) is 18.8. The second-order valence-electron chi connectivity index (χ2n) is 13.0. The lowest BCUT2D eigenvalue weighted by Gasteiger charge is -2.19. The molecule has 0 fully saturated rings. The van der Waals surface area contributed by atoms with Gasteiger partial charge in [0.1, 0.15) is 28.6 Å². The van der Waals surface area contributed by atoms with E-state index in [2.05, 4.69) is 13.2 Å². The summed E-state index contributed by atoms with van der Waals surface area (Å²) in [6, 6.07) is 24.3. The molecule has 12 heteroatoms. The van der Waals surface area contributed by atoms with E-state index in [1.54, 1.807) is 72.8 Å². The molecule has 5 rings (SSSR count). The van der Waals surface area contributed by atoms with E-state index in [-0.39, 0.29) is 28.2 Å². The van der Waals surface area contributed by atoms with Gasteiger partial charge in [0.15, 0.2) is 0 Å². The van der Waals surface area contributed by atoms with Gasteiger partial charge in [-0.2, -0.15) is 0 Å². The highest BCUT2D eigenvalue weighted by molar-refractivity contribution is 6.00. The van der Waals surface area contributed by atoms with Gasteiger partial charge < -0.3 is 33.2 Å². The monoisotopic (exact) mass is 788 g/mol. The molecule has 5 aromatic carbocycles. The van der Waals surface area contributed by atoms with Gasteiger partial charge >= 0.3 is 29.8 Å². The molecule has 0 amide bonds. The second kappa shape index (κ2) is 20.3. The molecule has 0 spiro atoms. The summed E-state index contributed by atoms with van der Waals surface area (Å²) in [7, 11) is 1.17. The quantitative estimate of drug-likeness (QED) is 0.0258. The van der Waals surface area contributed by atoms with Crippen LogP contribution in [0.3, 0.4) is 0 Å². The van der Waals surface area contributed by atoms with Crippen LogP contribution in [-0.4, -0.2) is 49.5 Å². The van der Waals surface area contributed by atoms with Gasteiger partial charge in [0.25, 0.3) is 0 Å². The molecule has 0 aliphatic carbocycles. The molecule has 0 radical (unpaired) electrons. The van der Waals surface area contributed by atoms with Crippen molar-refractivity contribution in [2.75, 3.05) is 7.11 Å². The molecule has 0 saturated carbocycles. The SMILES string of the molecule is C=CC(=O)OC(CCCC)Oc1ccc2cc(C(=O)Oc3ccc(OC(=O)c4ccc5cc(OC(CCCC)OC(=O)C=C)ccc5c4)c(C(=O)OC)c3)ccc2c1. The van der Waals surface area contributed by atoms with E-state index in [1.165, 1.54) is 25.3 Å². The third kappa shape index (κ3) is 11.3. The van der Waals surface area contributed by atoms with E-state index in [1.807, 2.05) is 13.8 Å². The number of benzene rings is 5. The molecular weight excluding hydrogens is 744 g/mol. The molecular formula is C46H44O12. The van der Waals surface area contributed by atoms with Gasteiger partial charge in [-0.3, -0.25) is 0 Å². The highest BCUT2D eigenvalue weighted by Crippen LogP contribution is 2.30. The van der Waals surface area contributed by atoms with Crippen LogP contribution in [0.4, 0.5) is 0 Å². The Kier molecular flexibility index (Phi) is 14.8. The molecule has 12 nitrogen and oxygen atoms in total. The van der Waals surface area contributed by atoms with Gasteiger partial charge in [0.2, 0.25) is 12.6 Å². The van der Waals surface area contributed by atoms with Crippen LogP contribution in [0.1, 0.15) is 83.4 Å². The fourth-order valence-electron chi connectivity index (χ4n) is 5.79. The van der Waals surface area contributed by atoms with Crippen LogP contribution >= 0.6 is 0 Å². The summed E-state index contributed by atoms with van der Waals surface area (Å²) in [5, 5.41) is 2.94. The Labute approximate surface area is 335 Å². The predicted octanol–water partition coefficient (Wildman–Crippen LogP) is 9.47. The van der Waals surface area contributed by atoms with Crippen LogP contribution < -0.4 is 18.9 Å². The summed E-state index contributed by atoms with van der Waals surface area (Å²) in [6.45, 7) is 10.9. The normalized spacial score (nSPS) is 11.8. The van der Waals surface area contributed by atoms with Gasteiger partial charge in [-0.25, -0.2) is 24.0 Å². The smallest absolute Gasteiger partial charge is 0.343 e. The van der Waals surface area contributed by atoms with Gasteiger partial charge in [-0.1, -0.05) is 64.1 Å². The standard InChI is InChI=1S/C46H44O12/c1-6-10-12-42(57-40(47)8-3)53-35-20-18-29-24-33(16-14-31(29)26-35)44(49)55-37-22-23-39(38(28-37)46(51)52-5)56-45(50)34-17-15-32-27-36(21-19-30(32)25-34)54-43(13-11-7-2)58-41(48)9-4/h8-9,14-28,42-43H,3-4,6-7,10-13H2,1-2,5H3. The van der Waals surface area contributed by atoms with Crippen LogP contribution in [-0.2, 0) is 23.8 Å². The summed E-state index contributed by atoms with van der Waals surface area (Å²) >= 11 is 0. The Balaban J connectivity index is 1.27. The maximum absolute atomic E-state index is 13.3. The third-order valence-electron chi connectivity index (χ3n) is 8.81. The molecule has 0 aromatic heterocycles. The van der Waals surface area contributed by atoms with Crippen molar-refractivity contribution in [1.29, 1.82) is 0 Å². The average molecular weight is 789 g/mol. The largest absolute Gasteiger partial charge is 0.465 e. The van der Waals surface area contributed by atoms with E-state index < -0.39 is 42.4 Å². The number of hydrogen-bond donors (Lipinski definition) is 0. The highest BCUT2D eigenvalue weighted by atomic mass is 16.7. The van der Waals surface area contributed by atoms with Crippen LogP contribution in [0.2, 0.25) is 0 Å². The van der Waals surface area contributed by atoms with Crippen molar-refractivity contribution in [3.8, 4) is 23.0 Å². The molecule has 0 aliphatic heterocycles. The fourth-order valence-corrected chi connectivity index (χ4v) is 5.79. The first-order valence-electron chi connectivity index (χ1n) is 18.8. The molecule has 0 bridgehead atoms. The number of fused-ring (bicyclic) bond motifs is 2. The Morgan fingerprint density at radius 2 is 1.00 bits per heavy atom. The molecule has 2 atom stereocenters. The number of methoxy groups -OCH3 is 1. The summed E-state index contributed by atoms with van der Waals surface area (Å²) in [5.74, 6) is -2.54. The van der Waals surface area contributed by atoms with Crippen molar-refractivity contribution in [2.24, 2.45) is 0 Å². The lowest BCUT2D eigenvalue weighted by atomic mass is 10.1. The van der Waals surface area contributed by atoms with Crippen molar-refractivity contribution >= 4 is 51.4 Å². The van der Waals surface area contributed by atoms with E-state index in [9.17, 15) is 24.0 Å². The molecule has 0 aliphatic rings. The lowest BCUT2D eigenvalue weighted by molar-refractivity contribution is -0.159. The van der Waals surface area contributed by atoms with Gasteiger partial charge in [-0.15, -0.1) is 0 Å². The Morgan fingerprint density at radius 1 is 0.552 bits per heavy atom. The lowest BCUT2D eigenvalue weighted by Crippen LogP contribution is -2.23. The molecule has 0 N–H and O–H groups in total. The molecule has 300 valence electrons. The van der Waals surface area contributed by atoms with Crippen molar-refractivity contribution < 1.29 is 57.1 Å².